The molecular formula is C14H20N2O2S. The predicted octanol–water partition coefficient (Wildman–Crippen LogP) is 1.81. The predicted molar refractivity (Wildman–Crippen MR) is 76.0 cm³/mol. The Labute approximate surface area is 117 Å². The summed E-state index contributed by atoms with van der Waals surface area (Å²) >= 11 is 1.68. The van der Waals surface area contributed by atoms with Gasteiger partial charge in [-0.15, -0.1) is 11.3 Å². The Morgan fingerprint density at radius 2 is 2.16 bits per heavy atom. The molecule has 1 saturated heterocycles. The summed E-state index contributed by atoms with van der Waals surface area (Å²) in [7, 11) is 0. The highest BCUT2D eigenvalue weighted by atomic mass is 32.1. The fourth-order valence-electron chi connectivity index (χ4n) is 2.44. The normalized spacial score (nSPS) is 22.5. The van der Waals surface area contributed by atoms with Crippen LogP contribution in [0.15, 0.2) is 17.5 Å². The quantitative estimate of drug-likeness (QED) is 0.914. The first-order chi connectivity index (χ1) is 8.95. The first kappa shape index (κ1) is 14.1. The first-order valence-electron chi connectivity index (χ1n) is 6.61. The molecule has 1 aromatic heterocycles. The Morgan fingerprint density at radius 1 is 1.42 bits per heavy atom. The van der Waals surface area contributed by atoms with Gasteiger partial charge in [-0.2, -0.15) is 0 Å². The number of amides is 2. The van der Waals surface area contributed by atoms with Crippen LogP contribution < -0.4 is 5.32 Å². The van der Waals surface area contributed by atoms with Gasteiger partial charge in [0.2, 0.25) is 11.8 Å². The van der Waals surface area contributed by atoms with Crippen molar-refractivity contribution in [3.05, 3.63) is 22.4 Å². The maximum Gasteiger partial charge on any atom is 0.248 e. The van der Waals surface area contributed by atoms with Crippen LogP contribution in [0, 0.1) is 0 Å². The summed E-state index contributed by atoms with van der Waals surface area (Å²) in [6, 6.07) is 3.73. The molecule has 1 unspecified atom stereocenters. The molecule has 2 heterocycles. The minimum atomic E-state index is -0.793. The van der Waals surface area contributed by atoms with E-state index in [-0.39, 0.29) is 17.9 Å². The van der Waals surface area contributed by atoms with Gasteiger partial charge in [-0.3, -0.25) is 9.59 Å². The lowest BCUT2D eigenvalue weighted by molar-refractivity contribution is -0.153. The van der Waals surface area contributed by atoms with E-state index in [2.05, 4.69) is 11.4 Å². The Bertz CT molecular complexity index is 468. The SMILES string of the molecule is CCC1C(=O)NC(C)(C)C(=O)N1CCc1cccs1. The number of thiophene rings is 1. The first-order valence-corrected chi connectivity index (χ1v) is 7.49. The van der Waals surface area contributed by atoms with Gasteiger partial charge in [-0.05, 0) is 38.1 Å². The standard InChI is InChI=1S/C14H20N2O2S/c1-4-11-12(17)15-14(2,3)13(18)16(11)8-7-10-6-5-9-19-10/h5-6,9,11H,4,7-8H2,1-3H3,(H,15,17). The molecule has 4 nitrogen and oxygen atoms in total. The fraction of sp³-hybridized carbons (Fsp3) is 0.571. The zero-order valence-electron chi connectivity index (χ0n) is 11.6. The fourth-order valence-corrected chi connectivity index (χ4v) is 3.13. The van der Waals surface area contributed by atoms with Crippen molar-refractivity contribution >= 4 is 23.2 Å². The number of nitrogens with zero attached hydrogens (tertiary/aromatic N) is 1. The zero-order valence-corrected chi connectivity index (χ0v) is 12.4. The van der Waals surface area contributed by atoms with Gasteiger partial charge in [0.1, 0.15) is 11.6 Å². The second-order valence-corrected chi connectivity index (χ2v) is 6.40. The zero-order chi connectivity index (χ0) is 14.0. The van der Waals surface area contributed by atoms with Crippen LogP contribution >= 0.6 is 11.3 Å². The maximum atomic E-state index is 12.4. The molecule has 0 spiro atoms. The van der Waals surface area contributed by atoms with Crippen molar-refractivity contribution < 1.29 is 9.59 Å². The van der Waals surface area contributed by atoms with Gasteiger partial charge in [0, 0.05) is 11.4 Å². The molecule has 0 aliphatic carbocycles. The molecule has 1 N–H and O–H groups in total. The number of rotatable bonds is 4. The molecule has 1 aliphatic heterocycles. The van der Waals surface area contributed by atoms with Crippen molar-refractivity contribution in [2.75, 3.05) is 6.54 Å². The third-order valence-corrected chi connectivity index (χ3v) is 4.41. The van der Waals surface area contributed by atoms with Gasteiger partial charge in [0.05, 0.1) is 0 Å². The minimum absolute atomic E-state index is 0.00973. The summed E-state index contributed by atoms with van der Waals surface area (Å²) in [5.41, 5.74) is -0.793. The molecule has 19 heavy (non-hydrogen) atoms. The van der Waals surface area contributed by atoms with Crippen LogP contribution in [-0.2, 0) is 16.0 Å². The number of carbonyl (C=O) groups excluding carboxylic acids is 2. The van der Waals surface area contributed by atoms with E-state index in [0.29, 0.717) is 13.0 Å². The molecule has 0 bridgehead atoms. The van der Waals surface area contributed by atoms with Crippen LogP contribution in [0.5, 0.6) is 0 Å². The van der Waals surface area contributed by atoms with E-state index in [1.807, 2.05) is 18.4 Å². The number of piperazine rings is 1. The van der Waals surface area contributed by atoms with Crippen LogP contribution in [0.1, 0.15) is 32.1 Å². The number of carbonyl (C=O) groups is 2. The lowest BCUT2D eigenvalue weighted by Gasteiger charge is -2.42. The highest BCUT2D eigenvalue weighted by molar-refractivity contribution is 7.09. The topological polar surface area (TPSA) is 49.4 Å². The van der Waals surface area contributed by atoms with E-state index in [4.69, 9.17) is 0 Å². The molecular weight excluding hydrogens is 260 g/mol. The molecule has 1 atom stereocenters. The largest absolute Gasteiger partial charge is 0.340 e. The van der Waals surface area contributed by atoms with Crippen LogP contribution in [0.25, 0.3) is 0 Å². The van der Waals surface area contributed by atoms with E-state index in [1.165, 1.54) is 4.88 Å². The Balaban J connectivity index is 2.13. The average molecular weight is 280 g/mol. The lowest BCUT2D eigenvalue weighted by atomic mass is 9.95. The van der Waals surface area contributed by atoms with E-state index < -0.39 is 5.54 Å². The third kappa shape index (κ3) is 2.81. The summed E-state index contributed by atoms with van der Waals surface area (Å²) < 4.78 is 0. The van der Waals surface area contributed by atoms with Crippen molar-refractivity contribution in [2.24, 2.45) is 0 Å². The van der Waals surface area contributed by atoms with Gasteiger partial charge in [-0.25, -0.2) is 0 Å². The summed E-state index contributed by atoms with van der Waals surface area (Å²) in [5.74, 6) is -0.0335. The molecule has 5 heteroatoms. The Morgan fingerprint density at radius 3 is 2.74 bits per heavy atom. The van der Waals surface area contributed by atoms with Crippen molar-refractivity contribution in [2.45, 2.75) is 45.2 Å². The van der Waals surface area contributed by atoms with E-state index in [9.17, 15) is 9.59 Å². The summed E-state index contributed by atoms with van der Waals surface area (Å²) in [6.07, 6.45) is 1.46. The van der Waals surface area contributed by atoms with E-state index in [1.54, 1.807) is 30.1 Å². The van der Waals surface area contributed by atoms with Crippen LogP contribution in [-0.4, -0.2) is 34.8 Å². The molecule has 0 radical (unpaired) electrons. The summed E-state index contributed by atoms with van der Waals surface area (Å²) in [4.78, 5) is 27.5. The molecule has 1 aromatic rings. The van der Waals surface area contributed by atoms with Gasteiger partial charge < -0.3 is 10.2 Å². The number of hydrogen-bond donors (Lipinski definition) is 1. The lowest BCUT2D eigenvalue weighted by Crippen LogP contribution is -2.68. The van der Waals surface area contributed by atoms with Crippen molar-refractivity contribution in [1.82, 2.24) is 10.2 Å². The van der Waals surface area contributed by atoms with E-state index >= 15 is 0 Å². The molecule has 2 rings (SSSR count). The summed E-state index contributed by atoms with van der Waals surface area (Å²) in [6.45, 7) is 6.07. The molecule has 2 amide bonds. The van der Waals surface area contributed by atoms with Crippen molar-refractivity contribution in [3.8, 4) is 0 Å². The average Bonchev–Trinajstić information content (AvgIpc) is 2.84. The highest BCUT2D eigenvalue weighted by Gasteiger charge is 2.44. The molecule has 1 aliphatic rings. The third-order valence-electron chi connectivity index (χ3n) is 3.48. The van der Waals surface area contributed by atoms with Gasteiger partial charge in [0.15, 0.2) is 0 Å². The Hall–Kier alpha value is -1.36. The van der Waals surface area contributed by atoms with Crippen LogP contribution in [0.2, 0.25) is 0 Å². The van der Waals surface area contributed by atoms with Crippen LogP contribution in [0.3, 0.4) is 0 Å². The monoisotopic (exact) mass is 280 g/mol. The van der Waals surface area contributed by atoms with E-state index in [0.717, 1.165) is 6.42 Å². The smallest absolute Gasteiger partial charge is 0.248 e. The second-order valence-electron chi connectivity index (χ2n) is 5.37. The van der Waals surface area contributed by atoms with Gasteiger partial charge in [0.25, 0.3) is 0 Å². The number of nitrogens with one attached hydrogen (secondary N) is 1. The maximum absolute atomic E-state index is 12.4. The van der Waals surface area contributed by atoms with Crippen molar-refractivity contribution in [1.29, 1.82) is 0 Å². The minimum Gasteiger partial charge on any atom is -0.340 e. The number of hydrogen-bond acceptors (Lipinski definition) is 3. The van der Waals surface area contributed by atoms with Gasteiger partial charge >= 0.3 is 0 Å². The van der Waals surface area contributed by atoms with Crippen LogP contribution in [0.4, 0.5) is 0 Å². The molecule has 104 valence electrons. The Kier molecular flexibility index (Phi) is 3.94. The molecule has 0 saturated carbocycles. The van der Waals surface area contributed by atoms with Gasteiger partial charge in [-0.1, -0.05) is 13.0 Å². The highest BCUT2D eigenvalue weighted by Crippen LogP contribution is 2.21. The molecule has 0 aromatic carbocycles. The molecule has 1 fully saturated rings. The summed E-state index contributed by atoms with van der Waals surface area (Å²) in [5, 5.41) is 4.83. The second kappa shape index (κ2) is 5.33. The van der Waals surface area contributed by atoms with Crippen molar-refractivity contribution in [3.63, 3.8) is 0 Å².